The number of aliphatic hydroxyl groups excluding tert-OH is 1. The van der Waals surface area contributed by atoms with Crippen LogP contribution >= 0.6 is 23.2 Å². The standard InChI is InChI=1S/C21H22Cl2FN5O2/c1-11(19-14(22)2-3-15(24)20(19)23)31-18-6-12(7-27-21(18)25)13-8-28-29(10-13)16-9-26-5-4-17(16)30/h2-3,6-8,10-11,16-17,26,30H,4-5,9H2,1H3,(H2,25,27)/t11-,16+,17+/m1/s1. The lowest BCUT2D eigenvalue weighted by atomic mass is 10.0. The van der Waals surface area contributed by atoms with Crippen molar-refractivity contribution >= 4 is 29.0 Å². The summed E-state index contributed by atoms with van der Waals surface area (Å²) in [4.78, 5) is 4.22. The van der Waals surface area contributed by atoms with Gasteiger partial charge < -0.3 is 20.9 Å². The van der Waals surface area contributed by atoms with Gasteiger partial charge in [-0.05, 0) is 38.1 Å². The number of nitrogens with one attached hydrogen (secondary N) is 1. The number of piperidine rings is 1. The van der Waals surface area contributed by atoms with Crippen molar-refractivity contribution in [3.05, 3.63) is 58.2 Å². The monoisotopic (exact) mass is 465 g/mol. The topological polar surface area (TPSA) is 98.2 Å². The minimum atomic E-state index is -0.666. The van der Waals surface area contributed by atoms with E-state index < -0.39 is 18.0 Å². The van der Waals surface area contributed by atoms with Gasteiger partial charge in [-0.1, -0.05) is 23.2 Å². The largest absolute Gasteiger partial charge is 0.482 e. The molecule has 1 aromatic carbocycles. The Balaban J connectivity index is 1.59. The van der Waals surface area contributed by atoms with Gasteiger partial charge in [0.2, 0.25) is 0 Å². The number of nitrogen functional groups attached to an aromatic ring is 1. The Morgan fingerprint density at radius 2 is 2.13 bits per heavy atom. The average molecular weight is 466 g/mol. The fraction of sp³-hybridized carbons (Fsp3) is 0.333. The van der Waals surface area contributed by atoms with E-state index in [0.29, 0.717) is 29.3 Å². The van der Waals surface area contributed by atoms with Gasteiger partial charge in [-0.3, -0.25) is 4.68 Å². The van der Waals surface area contributed by atoms with Crippen LogP contribution in [0.3, 0.4) is 0 Å². The number of hydrogen-bond donors (Lipinski definition) is 3. The van der Waals surface area contributed by atoms with Crippen LogP contribution in [-0.4, -0.2) is 39.1 Å². The normalized spacial score (nSPS) is 19.9. The third-order valence-corrected chi connectivity index (χ3v) is 6.07. The Kier molecular flexibility index (Phi) is 6.34. The Hall–Kier alpha value is -2.39. The quantitative estimate of drug-likeness (QED) is 0.492. The molecule has 2 aromatic heterocycles. The molecule has 1 aliphatic rings. The first-order valence-corrected chi connectivity index (χ1v) is 10.6. The lowest BCUT2D eigenvalue weighted by molar-refractivity contribution is 0.0783. The molecular formula is C21H22Cl2FN5O2. The second kappa shape index (κ2) is 9.00. The van der Waals surface area contributed by atoms with E-state index in [-0.39, 0.29) is 16.9 Å². The van der Waals surface area contributed by atoms with E-state index in [4.69, 9.17) is 33.7 Å². The smallest absolute Gasteiger partial charge is 0.166 e. The predicted octanol–water partition coefficient (Wildman–Crippen LogP) is 4.01. The lowest BCUT2D eigenvalue weighted by Crippen LogP contribution is -2.41. The summed E-state index contributed by atoms with van der Waals surface area (Å²) in [6, 6.07) is 4.22. The molecule has 1 fully saturated rings. The van der Waals surface area contributed by atoms with Crippen molar-refractivity contribution in [1.82, 2.24) is 20.1 Å². The van der Waals surface area contributed by atoms with Gasteiger partial charge in [-0.15, -0.1) is 0 Å². The van der Waals surface area contributed by atoms with Gasteiger partial charge in [-0.25, -0.2) is 9.37 Å². The molecule has 0 spiro atoms. The second-order valence-corrected chi connectivity index (χ2v) is 8.25. The molecule has 3 aromatic rings. The minimum Gasteiger partial charge on any atom is -0.482 e. The first-order valence-electron chi connectivity index (χ1n) is 9.84. The van der Waals surface area contributed by atoms with Crippen molar-refractivity contribution in [3.63, 3.8) is 0 Å². The Morgan fingerprint density at radius 3 is 2.90 bits per heavy atom. The van der Waals surface area contributed by atoms with Crippen LogP contribution in [0.2, 0.25) is 10.0 Å². The molecule has 1 aliphatic heterocycles. The van der Waals surface area contributed by atoms with Crippen LogP contribution in [0, 0.1) is 5.82 Å². The number of ether oxygens (including phenoxy) is 1. The van der Waals surface area contributed by atoms with E-state index >= 15 is 0 Å². The fourth-order valence-electron chi connectivity index (χ4n) is 3.64. The van der Waals surface area contributed by atoms with Crippen LogP contribution in [0.15, 0.2) is 36.8 Å². The number of benzene rings is 1. The number of nitrogens with zero attached hydrogens (tertiary/aromatic N) is 3. The maximum absolute atomic E-state index is 13.9. The van der Waals surface area contributed by atoms with Crippen molar-refractivity contribution in [1.29, 1.82) is 0 Å². The highest BCUT2D eigenvalue weighted by atomic mass is 35.5. The number of aliphatic hydroxyl groups is 1. The summed E-state index contributed by atoms with van der Waals surface area (Å²) in [5.74, 6) is -0.0878. The minimum absolute atomic E-state index is 0.0939. The number of aromatic nitrogens is 3. The number of pyridine rings is 1. The molecule has 0 radical (unpaired) electrons. The summed E-state index contributed by atoms with van der Waals surface area (Å²) in [5, 5.41) is 18.1. The molecule has 164 valence electrons. The first-order chi connectivity index (χ1) is 14.8. The van der Waals surface area contributed by atoms with Crippen molar-refractivity contribution in [3.8, 4) is 16.9 Å². The Bertz CT molecular complexity index is 1090. The molecule has 10 heteroatoms. The first kappa shape index (κ1) is 21.8. The van der Waals surface area contributed by atoms with Crippen LogP contribution in [-0.2, 0) is 0 Å². The predicted molar refractivity (Wildman–Crippen MR) is 118 cm³/mol. The molecule has 1 saturated heterocycles. The van der Waals surface area contributed by atoms with Crippen molar-refractivity contribution in [2.75, 3.05) is 18.8 Å². The third-order valence-electron chi connectivity index (χ3n) is 5.36. The Labute approximate surface area is 188 Å². The molecule has 4 N–H and O–H groups in total. The lowest BCUT2D eigenvalue weighted by Gasteiger charge is -2.28. The zero-order valence-corrected chi connectivity index (χ0v) is 18.2. The van der Waals surface area contributed by atoms with Gasteiger partial charge in [-0.2, -0.15) is 5.10 Å². The maximum atomic E-state index is 13.9. The van der Waals surface area contributed by atoms with Crippen LogP contribution in [0.4, 0.5) is 10.2 Å². The highest BCUT2D eigenvalue weighted by Crippen LogP contribution is 2.37. The van der Waals surface area contributed by atoms with Gasteiger partial charge in [0.1, 0.15) is 11.9 Å². The fourth-order valence-corrected chi connectivity index (χ4v) is 4.32. The zero-order chi connectivity index (χ0) is 22.1. The molecule has 31 heavy (non-hydrogen) atoms. The maximum Gasteiger partial charge on any atom is 0.166 e. The molecular weight excluding hydrogens is 444 g/mol. The van der Waals surface area contributed by atoms with Crippen molar-refractivity contribution in [2.24, 2.45) is 0 Å². The molecule has 0 amide bonds. The van der Waals surface area contributed by atoms with Gasteiger partial charge >= 0.3 is 0 Å². The highest BCUT2D eigenvalue weighted by Gasteiger charge is 2.25. The summed E-state index contributed by atoms with van der Waals surface area (Å²) in [6.07, 6.45) is 4.71. The molecule has 0 saturated carbocycles. The SMILES string of the molecule is C[C@@H](Oc1cc(-c2cnn([C@H]3CNCC[C@@H]3O)c2)cnc1N)c1c(Cl)ccc(F)c1Cl. The van der Waals surface area contributed by atoms with Crippen molar-refractivity contribution < 1.29 is 14.2 Å². The number of hydrogen-bond acceptors (Lipinski definition) is 6. The second-order valence-electron chi connectivity index (χ2n) is 7.46. The molecule has 7 nitrogen and oxygen atoms in total. The number of halogens is 3. The summed E-state index contributed by atoms with van der Waals surface area (Å²) >= 11 is 12.3. The molecule has 4 rings (SSSR count). The highest BCUT2D eigenvalue weighted by molar-refractivity contribution is 6.36. The third kappa shape index (κ3) is 4.48. The number of nitrogens with two attached hydrogens (primary N) is 1. The van der Waals surface area contributed by atoms with E-state index in [1.165, 1.54) is 12.1 Å². The molecule has 0 bridgehead atoms. The molecule has 0 aliphatic carbocycles. The van der Waals surface area contributed by atoms with Crippen LogP contribution < -0.4 is 15.8 Å². The number of rotatable bonds is 5. The van der Waals surface area contributed by atoms with Gasteiger partial charge in [0.05, 0.1) is 23.4 Å². The number of anilines is 1. The van der Waals surface area contributed by atoms with Gasteiger partial charge in [0.15, 0.2) is 11.6 Å². The van der Waals surface area contributed by atoms with Crippen molar-refractivity contribution in [2.45, 2.75) is 31.6 Å². The summed E-state index contributed by atoms with van der Waals surface area (Å²) in [5.41, 5.74) is 7.86. The zero-order valence-electron chi connectivity index (χ0n) is 16.7. The van der Waals surface area contributed by atoms with Gasteiger partial charge in [0, 0.05) is 40.7 Å². The van der Waals surface area contributed by atoms with E-state index in [2.05, 4.69) is 15.4 Å². The van der Waals surface area contributed by atoms with E-state index in [1.54, 1.807) is 30.1 Å². The van der Waals surface area contributed by atoms with E-state index in [9.17, 15) is 9.50 Å². The van der Waals surface area contributed by atoms with Crippen LogP contribution in [0.25, 0.3) is 11.1 Å². The van der Waals surface area contributed by atoms with E-state index in [1.807, 2.05) is 6.20 Å². The summed E-state index contributed by atoms with van der Waals surface area (Å²) in [7, 11) is 0. The van der Waals surface area contributed by atoms with Gasteiger partial charge in [0.25, 0.3) is 0 Å². The van der Waals surface area contributed by atoms with Crippen LogP contribution in [0.5, 0.6) is 5.75 Å². The van der Waals surface area contributed by atoms with Crippen LogP contribution in [0.1, 0.15) is 31.1 Å². The average Bonchev–Trinajstić information content (AvgIpc) is 3.23. The van der Waals surface area contributed by atoms with E-state index in [0.717, 1.165) is 17.7 Å². The molecule has 0 unspecified atom stereocenters. The summed E-state index contributed by atoms with van der Waals surface area (Å²) in [6.45, 7) is 3.13. The molecule has 3 heterocycles. The summed E-state index contributed by atoms with van der Waals surface area (Å²) < 4.78 is 21.6. The Morgan fingerprint density at radius 1 is 1.32 bits per heavy atom. The molecule has 3 atom stereocenters.